The van der Waals surface area contributed by atoms with E-state index in [-0.39, 0.29) is 23.7 Å². The van der Waals surface area contributed by atoms with Crippen molar-refractivity contribution in [2.75, 3.05) is 44.7 Å². The molecule has 0 aromatic heterocycles. The number of rotatable bonds is 6. The molecule has 25 heavy (non-hydrogen) atoms. The van der Waals surface area contributed by atoms with Crippen LogP contribution in [0.4, 0.5) is 5.69 Å². The standard InChI is InChI=1S/C18H22N4O3/c19-12-13-1-3-14(4-2-13)21-18(24)16-11-15(16)17(23)20-5-6-22-7-9-25-10-8-22/h1-4,15-16H,5-11H2,(H,20,23)(H,21,24). The molecule has 2 unspecified atom stereocenters. The van der Waals surface area contributed by atoms with Gasteiger partial charge in [0.15, 0.2) is 0 Å². The minimum Gasteiger partial charge on any atom is -0.379 e. The largest absolute Gasteiger partial charge is 0.379 e. The van der Waals surface area contributed by atoms with Gasteiger partial charge in [0.1, 0.15) is 0 Å². The number of morpholine rings is 1. The van der Waals surface area contributed by atoms with E-state index in [1.165, 1.54) is 0 Å². The molecule has 1 aromatic carbocycles. The molecule has 1 aliphatic carbocycles. The van der Waals surface area contributed by atoms with Gasteiger partial charge in [0.25, 0.3) is 0 Å². The molecule has 1 aromatic rings. The molecule has 7 nitrogen and oxygen atoms in total. The Balaban J connectivity index is 1.38. The van der Waals surface area contributed by atoms with Crippen LogP contribution in [0.2, 0.25) is 0 Å². The highest BCUT2D eigenvalue weighted by atomic mass is 16.5. The van der Waals surface area contributed by atoms with Gasteiger partial charge in [-0.15, -0.1) is 0 Å². The molecule has 3 rings (SSSR count). The average molecular weight is 342 g/mol. The van der Waals surface area contributed by atoms with E-state index in [2.05, 4.69) is 15.5 Å². The first-order chi connectivity index (χ1) is 12.2. The normalized spacial score (nSPS) is 22.7. The maximum absolute atomic E-state index is 12.2. The van der Waals surface area contributed by atoms with E-state index in [0.717, 1.165) is 32.8 Å². The molecule has 132 valence electrons. The van der Waals surface area contributed by atoms with Crippen molar-refractivity contribution in [1.82, 2.24) is 10.2 Å². The maximum Gasteiger partial charge on any atom is 0.228 e. The molecule has 1 saturated heterocycles. The molecule has 0 radical (unpaired) electrons. The molecule has 2 fully saturated rings. The van der Waals surface area contributed by atoms with Crippen LogP contribution in [0.3, 0.4) is 0 Å². The van der Waals surface area contributed by atoms with E-state index in [0.29, 0.717) is 24.2 Å². The second-order valence-corrected chi connectivity index (χ2v) is 6.37. The smallest absolute Gasteiger partial charge is 0.228 e. The fourth-order valence-electron chi connectivity index (χ4n) is 2.93. The first kappa shape index (κ1) is 17.4. The van der Waals surface area contributed by atoms with Gasteiger partial charge in [0.05, 0.1) is 36.7 Å². The van der Waals surface area contributed by atoms with Crippen LogP contribution in [0.15, 0.2) is 24.3 Å². The quantitative estimate of drug-likeness (QED) is 0.789. The predicted molar refractivity (Wildman–Crippen MR) is 91.7 cm³/mol. The molecule has 1 saturated carbocycles. The van der Waals surface area contributed by atoms with Gasteiger partial charge in [-0.1, -0.05) is 0 Å². The van der Waals surface area contributed by atoms with E-state index < -0.39 is 0 Å². The summed E-state index contributed by atoms with van der Waals surface area (Å²) in [6.45, 7) is 4.69. The highest BCUT2D eigenvalue weighted by Crippen LogP contribution is 2.39. The molecule has 2 aliphatic rings. The molecule has 1 aliphatic heterocycles. The number of ether oxygens (including phenoxy) is 1. The third-order valence-corrected chi connectivity index (χ3v) is 4.58. The molecule has 1 heterocycles. The Morgan fingerprint density at radius 2 is 1.84 bits per heavy atom. The SMILES string of the molecule is N#Cc1ccc(NC(=O)C2CC2C(=O)NCCN2CCOCC2)cc1. The number of nitrogens with zero attached hydrogens (tertiary/aromatic N) is 2. The number of nitrogens with one attached hydrogen (secondary N) is 2. The zero-order chi connectivity index (χ0) is 17.6. The number of benzene rings is 1. The maximum atomic E-state index is 12.2. The van der Waals surface area contributed by atoms with Crippen molar-refractivity contribution in [2.45, 2.75) is 6.42 Å². The number of carbonyl (C=O) groups excluding carboxylic acids is 2. The van der Waals surface area contributed by atoms with Gasteiger partial charge < -0.3 is 15.4 Å². The molecule has 2 amide bonds. The van der Waals surface area contributed by atoms with Crippen LogP contribution in [0.1, 0.15) is 12.0 Å². The Morgan fingerprint density at radius 3 is 2.52 bits per heavy atom. The predicted octanol–water partition coefficient (Wildman–Crippen LogP) is 0.581. The first-order valence-corrected chi connectivity index (χ1v) is 8.56. The first-order valence-electron chi connectivity index (χ1n) is 8.56. The van der Waals surface area contributed by atoms with Gasteiger partial charge in [-0.2, -0.15) is 5.26 Å². The van der Waals surface area contributed by atoms with E-state index in [4.69, 9.17) is 10.00 Å². The van der Waals surface area contributed by atoms with Gasteiger partial charge in [-0.25, -0.2) is 0 Å². The fraction of sp³-hybridized carbons (Fsp3) is 0.500. The molecular formula is C18H22N4O3. The van der Waals surface area contributed by atoms with Gasteiger partial charge in [-0.05, 0) is 30.7 Å². The fourth-order valence-corrected chi connectivity index (χ4v) is 2.93. The summed E-state index contributed by atoms with van der Waals surface area (Å²) in [5.74, 6) is -0.687. The van der Waals surface area contributed by atoms with Gasteiger partial charge in [0, 0.05) is 31.9 Å². The monoisotopic (exact) mass is 342 g/mol. The van der Waals surface area contributed by atoms with Crippen molar-refractivity contribution in [3.05, 3.63) is 29.8 Å². The van der Waals surface area contributed by atoms with Crippen molar-refractivity contribution in [2.24, 2.45) is 11.8 Å². The Bertz CT molecular complexity index is 662. The second kappa shape index (κ2) is 8.10. The molecule has 2 N–H and O–H groups in total. The lowest BCUT2D eigenvalue weighted by atomic mass is 10.2. The van der Waals surface area contributed by atoms with E-state index in [1.54, 1.807) is 24.3 Å². The molecule has 0 bridgehead atoms. The summed E-state index contributed by atoms with van der Waals surface area (Å²) in [7, 11) is 0. The minimum atomic E-state index is -0.265. The second-order valence-electron chi connectivity index (χ2n) is 6.37. The van der Waals surface area contributed by atoms with Gasteiger partial charge >= 0.3 is 0 Å². The summed E-state index contributed by atoms with van der Waals surface area (Å²) in [5.41, 5.74) is 1.18. The number of amides is 2. The van der Waals surface area contributed by atoms with Crippen LogP contribution < -0.4 is 10.6 Å². The number of nitriles is 1. The Morgan fingerprint density at radius 1 is 1.16 bits per heavy atom. The zero-order valence-electron chi connectivity index (χ0n) is 14.0. The van der Waals surface area contributed by atoms with Crippen molar-refractivity contribution in [1.29, 1.82) is 5.26 Å². The lowest BCUT2D eigenvalue weighted by molar-refractivity contribution is -0.125. The molecule has 0 spiro atoms. The van der Waals surface area contributed by atoms with Crippen molar-refractivity contribution < 1.29 is 14.3 Å². The Labute approximate surface area is 146 Å². The van der Waals surface area contributed by atoms with Crippen molar-refractivity contribution in [3.8, 4) is 6.07 Å². The summed E-state index contributed by atoms with van der Waals surface area (Å²) >= 11 is 0. The number of anilines is 1. The number of hydrogen-bond donors (Lipinski definition) is 2. The van der Waals surface area contributed by atoms with E-state index in [1.807, 2.05) is 6.07 Å². The molecule has 2 atom stereocenters. The number of hydrogen-bond acceptors (Lipinski definition) is 5. The summed E-state index contributed by atoms with van der Waals surface area (Å²) in [4.78, 5) is 26.6. The third kappa shape index (κ3) is 4.78. The topological polar surface area (TPSA) is 94.5 Å². The van der Waals surface area contributed by atoms with E-state index >= 15 is 0 Å². The van der Waals surface area contributed by atoms with Crippen LogP contribution in [-0.2, 0) is 14.3 Å². The third-order valence-electron chi connectivity index (χ3n) is 4.58. The summed E-state index contributed by atoms with van der Waals surface area (Å²) < 4.78 is 5.29. The lowest BCUT2D eigenvalue weighted by Crippen LogP contribution is -2.41. The molecule has 7 heteroatoms. The van der Waals surface area contributed by atoms with Crippen molar-refractivity contribution >= 4 is 17.5 Å². The highest BCUT2D eigenvalue weighted by molar-refractivity contribution is 5.99. The Hall–Kier alpha value is -2.43. The average Bonchev–Trinajstić information content (AvgIpc) is 3.44. The summed E-state index contributed by atoms with van der Waals surface area (Å²) in [5, 5.41) is 14.5. The lowest BCUT2D eigenvalue weighted by Gasteiger charge is -2.26. The summed E-state index contributed by atoms with van der Waals surface area (Å²) in [6, 6.07) is 8.72. The van der Waals surface area contributed by atoms with Crippen LogP contribution in [-0.4, -0.2) is 56.1 Å². The Kier molecular flexibility index (Phi) is 5.64. The molecular weight excluding hydrogens is 320 g/mol. The minimum absolute atomic E-state index is 0.0479. The van der Waals surface area contributed by atoms with Crippen LogP contribution >= 0.6 is 0 Å². The van der Waals surface area contributed by atoms with Crippen LogP contribution in [0.25, 0.3) is 0 Å². The van der Waals surface area contributed by atoms with Crippen molar-refractivity contribution in [3.63, 3.8) is 0 Å². The van der Waals surface area contributed by atoms with E-state index in [9.17, 15) is 9.59 Å². The highest BCUT2D eigenvalue weighted by Gasteiger charge is 2.47. The zero-order valence-corrected chi connectivity index (χ0v) is 14.0. The summed E-state index contributed by atoms with van der Waals surface area (Å²) in [6.07, 6.45) is 0.589. The number of carbonyl (C=O) groups is 2. The van der Waals surface area contributed by atoms with Gasteiger partial charge in [0.2, 0.25) is 11.8 Å². The van der Waals surface area contributed by atoms with Gasteiger partial charge in [-0.3, -0.25) is 14.5 Å². The van der Waals surface area contributed by atoms with Crippen LogP contribution in [0.5, 0.6) is 0 Å². The van der Waals surface area contributed by atoms with Crippen LogP contribution in [0, 0.1) is 23.2 Å².